The molecule has 0 radical (unpaired) electrons. The van der Waals surface area contributed by atoms with Crippen molar-refractivity contribution < 1.29 is 68.4 Å². The number of aromatic hydroxyl groups is 1. The summed E-state index contributed by atoms with van der Waals surface area (Å²) in [6, 6.07) is 3.45. The predicted molar refractivity (Wildman–Crippen MR) is 284 cm³/mol. The molecule has 0 aromatic heterocycles. The minimum atomic E-state index is -1.66. The number of phenols is 1. The normalized spacial score (nSPS) is 15.5. The Morgan fingerprint density at radius 1 is 0.566 bits per heavy atom. The maximum atomic E-state index is 14.3. The van der Waals surface area contributed by atoms with Gasteiger partial charge in [0, 0.05) is 19.3 Å². The zero-order chi connectivity index (χ0) is 57.2. The first-order valence-electron chi connectivity index (χ1n) is 25.4. The van der Waals surface area contributed by atoms with Gasteiger partial charge in [0.25, 0.3) is 0 Å². The lowest BCUT2D eigenvalue weighted by Crippen LogP contribution is -2.62. The second-order valence-electron chi connectivity index (χ2n) is 19.3. The summed E-state index contributed by atoms with van der Waals surface area (Å²) in [6.45, 7) is 10.9. The van der Waals surface area contributed by atoms with Gasteiger partial charge in [-0.3, -0.25) is 43.2 Å². The monoisotopic (exact) mass is 1090 g/mol. The maximum absolute atomic E-state index is 14.3. The minimum absolute atomic E-state index is 0.0583. The van der Waals surface area contributed by atoms with Gasteiger partial charge in [0.15, 0.2) is 0 Å². The quantitative estimate of drug-likeness (QED) is 0.0446. The third-order valence-corrected chi connectivity index (χ3v) is 13.2. The van der Waals surface area contributed by atoms with Gasteiger partial charge in [-0.2, -0.15) is 11.8 Å². The van der Waals surface area contributed by atoms with Gasteiger partial charge >= 0.3 is 11.9 Å². The lowest BCUT2D eigenvalue weighted by Gasteiger charge is -2.30. The molecule has 2 aromatic carbocycles. The van der Waals surface area contributed by atoms with Crippen LogP contribution in [-0.4, -0.2) is 153 Å². The van der Waals surface area contributed by atoms with E-state index in [9.17, 15) is 68.4 Å². The highest BCUT2D eigenvalue weighted by atomic mass is 32.2. The molecule has 0 aliphatic carbocycles. The van der Waals surface area contributed by atoms with E-state index in [2.05, 4.69) is 42.5 Å². The van der Waals surface area contributed by atoms with E-state index < -0.39 is 145 Å². The molecular weight excluding hydrogens is 1010 g/mol. The van der Waals surface area contributed by atoms with Gasteiger partial charge < -0.3 is 68.7 Å². The highest BCUT2D eigenvalue weighted by Crippen LogP contribution is 2.15. The molecule has 0 heterocycles. The average molecular weight is 1090 g/mol. The standard InChI is InChI=1S/C52H79N9O14S/c1-9-29(5)42(50(72)58-39(25-32-14-12-11-13-15-32)49(71)61-44(31(7)62)51(73)60-43(52(74)75)30(6)10-2)59-48(70)36(20-21-41(65)66)55-40(64)27-54-46(68)38(26-33-16-18-34(63)19-17-33)57-47(69)37(22-23-76-8)56-45(67)35(53)24-28(3)4/h11-19,28-31,35-39,42-44,62-63H,9-10,20-27,53H2,1-8H3,(H,54,68)(H,55,64)(H,56,67)(H,57,69)(H,58,72)(H,59,70)(H,60,73)(H,61,71)(H,65,66)(H,74,75)/t29-,30-,31+,35-,36-,37-,38-,39-,42-,43-,44-/m0/s1. The van der Waals surface area contributed by atoms with Gasteiger partial charge in [-0.25, -0.2) is 4.79 Å². The molecule has 0 bridgehead atoms. The number of carbonyl (C=O) groups excluding carboxylic acids is 8. The SMILES string of the molecule is CC[C@H](C)[C@H](NC(=O)[C@@H](NC(=O)[C@H](Cc1ccccc1)NC(=O)[C@@H](NC(=O)[C@H](CCC(=O)O)NC(=O)CNC(=O)[C@H](Cc1ccc(O)cc1)NC(=O)[C@H](CCSC)NC(=O)[C@@H](N)CC(C)C)[C@@H](C)CC)[C@@H](C)O)C(=O)O. The molecule has 14 N–H and O–H groups in total. The molecule has 0 aliphatic heterocycles. The van der Waals surface area contributed by atoms with E-state index in [0.717, 1.165) is 0 Å². The number of benzene rings is 2. The van der Waals surface area contributed by atoms with Crippen molar-refractivity contribution in [3.8, 4) is 5.75 Å². The third kappa shape index (κ3) is 23.0. The number of nitrogens with two attached hydrogens (primary N) is 1. The number of nitrogens with one attached hydrogen (secondary N) is 8. The Morgan fingerprint density at radius 3 is 1.58 bits per heavy atom. The van der Waals surface area contributed by atoms with Crippen molar-refractivity contribution in [2.45, 2.75) is 154 Å². The number of rotatable bonds is 34. The van der Waals surface area contributed by atoms with Crippen molar-refractivity contribution in [3.05, 3.63) is 65.7 Å². The summed E-state index contributed by atoms with van der Waals surface area (Å²) < 4.78 is 0. The number of hydrogen-bond acceptors (Lipinski definition) is 14. The number of thioether (sulfide) groups is 1. The lowest BCUT2D eigenvalue weighted by atomic mass is 9.96. The second-order valence-corrected chi connectivity index (χ2v) is 20.3. The number of aliphatic carboxylic acids is 2. The van der Waals surface area contributed by atoms with E-state index in [0.29, 0.717) is 29.7 Å². The van der Waals surface area contributed by atoms with E-state index in [1.54, 1.807) is 58.0 Å². The summed E-state index contributed by atoms with van der Waals surface area (Å²) in [5.41, 5.74) is 7.15. The summed E-state index contributed by atoms with van der Waals surface area (Å²) in [4.78, 5) is 134. The van der Waals surface area contributed by atoms with Crippen molar-refractivity contribution in [2.75, 3.05) is 18.6 Å². The van der Waals surface area contributed by atoms with E-state index in [1.165, 1.54) is 43.0 Å². The van der Waals surface area contributed by atoms with E-state index in [1.807, 2.05) is 20.1 Å². The molecule has 0 fully saturated rings. The number of carboxylic acids is 2. The van der Waals surface area contributed by atoms with Crippen LogP contribution in [0, 0.1) is 17.8 Å². The van der Waals surface area contributed by atoms with Crippen molar-refractivity contribution in [1.29, 1.82) is 0 Å². The third-order valence-electron chi connectivity index (χ3n) is 12.6. The Labute approximate surface area is 448 Å². The number of phenolic OH excluding ortho intramolecular Hbond substituents is 1. The van der Waals surface area contributed by atoms with Crippen LogP contribution in [0.1, 0.15) is 98.1 Å². The van der Waals surface area contributed by atoms with Crippen LogP contribution in [0.5, 0.6) is 5.75 Å². The summed E-state index contributed by atoms with van der Waals surface area (Å²) in [5.74, 6) is -10.2. The highest BCUT2D eigenvalue weighted by molar-refractivity contribution is 7.98. The fraction of sp³-hybridized carbons (Fsp3) is 0.577. The zero-order valence-corrected chi connectivity index (χ0v) is 45.4. The van der Waals surface area contributed by atoms with Gasteiger partial charge in [-0.1, -0.05) is 96.8 Å². The van der Waals surface area contributed by atoms with Crippen LogP contribution in [0.2, 0.25) is 0 Å². The number of carboxylic acid groups (broad SMARTS) is 2. The van der Waals surface area contributed by atoms with Crippen molar-refractivity contribution in [3.63, 3.8) is 0 Å². The Morgan fingerprint density at radius 2 is 1.04 bits per heavy atom. The fourth-order valence-corrected chi connectivity index (χ4v) is 8.15. The van der Waals surface area contributed by atoms with Crippen LogP contribution in [0.3, 0.4) is 0 Å². The predicted octanol–water partition coefficient (Wildman–Crippen LogP) is 0.236. The smallest absolute Gasteiger partial charge is 0.326 e. The summed E-state index contributed by atoms with van der Waals surface area (Å²) in [6.07, 6.45) is 0.135. The summed E-state index contributed by atoms with van der Waals surface area (Å²) in [7, 11) is 0. The Balaban J connectivity index is 2.39. The molecule has 76 heavy (non-hydrogen) atoms. The van der Waals surface area contributed by atoms with Gasteiger partial charge in [-0.15, -0.1) is 0 Å². The number of carbonyl (C=O) groups is 10. The molecule has 0 unspecified atom stereocenters. The van der Waals surface area contributed by atoms with Crippen LogP contribution in [0.15, 0.2) is 54.6 Å². The second kappa shape index (κ2) is 33.3. The average Bonchev–Trinajstić information content (AvgIpc) is 3.37. The van der Waals surface area contributed by atoms with Crippen LogP contribution in [0.4, 0.5) is 0 Å². The van der Waals surface area contributed by atoms with Crippen molar-refractivity contribution >= 4 is 71.0 Å². The molecule has 0 aliphatic rings. The molecule has 24 heteroatoms. The van der Waals surface area contributed by atoms with Gasteiger partial charge in [0.05, 0.1) is 18.7 Å². The number of aliphatic hydroxyl groups is 1. The topological polar surface area (TPSA) is 374 Å². The maximum Gasteiger partial charge on any atom is 0.326 e. The molecule has 8 amide bonds. The minimum Gasteiger partial charge on any atom is -0.508 e. The van der Waals surface area contributed by atoms with Crippen molar-refractivity contribution in [1.82, 2.24) is 42.5 Å². The molecule has 0 saturated heterocycles. The molecule has 0 spiro atoms. The largest absolute Gasteiger partial charge is 0.508 e. The molecule has 2 rings (SSSR count). The molecular formula is C52H79N9O14S. The van der Waals surface area contributed by atoms with E-state index in [-0.39, 0.29) is 37.4 Å². The number of aliphatic hydroxyl groups excluding tert-OH is 1. The highest BCUT2D eigenvalue weighted by Gasteiger charge is 2.37. The van der Waals surface area contributed by atoms with Crippen LogP contribution >= 0.6 is 11.8 Å². The van der Waals surface area contributed by atoms with Crippen molar-refractivity contribution in [2.24, 2.45) is 23.5 Å². The van der Waals surface area contributed by atoms with Gasteiger partial charge in [0.1, 0.15) is 48.0 Å². The summed E-state index contributed by atoms with van der Waals surface area (Å²) >= 11 is 1.43. The first kappa shape index (κ1) is 65.3. The van der Waals surface area contributed by atoms with Crippen LogP contribution < -0.4 is 48.3 Å². The fourth-order valence-electron chi connectivity index (χ4n) is 7.68. The Bertz CT molecular complexity index is 2250. The number of amides is 8. The first-order chi connectivity index (χ1) is 35.8. The molecule has 23 nitrogen and oxygen atoms in total. The van der Waals surface area contributed by atoms with E-state index >= 15 is 0 Å². The van der Waals surface area contributed by atoms with Crippen LogP contribution in [-0.2, 0) is 60.8 Å². The van der Waals surface area contributed by atoms with Gasteiger partial charge in [-0.05, 0) is 79.2 Å². The first-order valence-corrected chi connectivity index (χ1v) is 26.8. The zero-order valence-electron chi connectivity index (χ0n) is 44.6. The molecule has 0 saturated carbocycles. The molecule has 2 aromatic rings. The molecule has 422 valence electrons. The van der Waals surface area contributed by atoms with Crippen LogP contribution in [0.25, 0.3) is 0 Å². The summed E-state index contributed by atoms with van der Waals surface area (Å²) in [5, 5.41) is 60.0. The van der Waals surface area contributed by atoms with E-state index in [4.69, 9.17) is 5.73 Å². The van der Waals surface area contributed by atoms with Gasteiger partial charge in [0.2, 0.25) is 47.3 Å². The Hall–Kier alpha value is -6.79. The number of hydrogen-bond donors (Lipinski definition) is 13. The lowest BCUT2D eigenvalue weighted by molar-refractivity contribution is -0.144. The molecule has 11 atom stereocenters. The Kier molecular flexibility index (Phi) is 28.6.